The average Bonchev–Trinajstić information content (AvgIpc) is 2.55. The van der Waals surface area contributed by atoms with E-state index in [0.29, 0.717) is 17.1 Å². The van der Waals surface area contributed by atoms with Crippen LogP contribution in [0.1, 0.15) is 10.4 Å². The Bertz CT molecular complexity index is 825. The molecule has 0 radical (unpaired) electrons. The van der Waals surface area contributed by atoms with Crippen molar-refractivity contribution in [1.29, 1.82) is 0 Å². The van der Waals surface area contributed by atoms with Crippen molar-refractivity contribution < 1.29 is 14.3 Å². The lowest BCUT2D eigenvalue weighted by Crippen LogP contribution is -2.08. The van der Waals surface area contributed by atoms with Crippen LogP contribution in [0, 0.1) is 0 Å². The van der Waals surface area contributed by atoms with Gasteiger partial charge in [-0.3, -0.25) is 0 Å². The summed E-state index contributed by atoms with van der Waals surface area (Å²) in [5, 5.41) is 2.08. The van der Waals surface area contributed by atoms with Gasteiger partial charge in [0.1, 0.15) is 11.5 Å². The van der Waals surface area contributed by atoms with Crippen molar-refractivity contribution in [2.75, 3.05) is 7.11 Å². The SMILES string of the molecule is COc1ccc(C(=O)Oc2ccc3c(Br)cccc3c2)cc1. The van der Waals surface area contributed by atoms with Gasteiger partial charge in [-0.1, -0.05) is 28.1 Å². The molecule has 0 saturated heterocycles. The average molecular weight is 357 g/mol. The third kappa shape index (κ3) is 2.97. The zero-order valence-corrected chi connectivity index (χ0v) is 13.5. The standard InChI is InChI=1S/C18H13BrO3/c1-21-14-7-5-12(6-8-14)18(20)22-15-9-10-16-13(11-15)3-2-4-17(16)19/h2-11H,1H3. The van der Waals surface area contributed by atoms with E-state index in [0.717, 1.165) is 15.2 Å². The fourth-order valence-electron chi connectivity index (χ4n) is 2.18. The van der Waals surface area contributed by atoms with Crippen molar-refractivity contribution in [1.82, 2.24) is 0 Å². The van der Waals surface area contributed by atoms with Crippen molar-refractivity contribution in [2.45, 2.75) is 0 Å². The van der Waals surface area contributed by atoms with Gasteiger partial charge in [0.05, 0.1) is 12.7 Å². The number of methoxy groups -OCH3 is 1. The molecule has 0 fully saturated rings. The van der Waals surface area contributed by atoms with Gasteiger partial charge >= 0.3 is 5.97 Å². The first-order valence-corrected chi connectivity index (χ1v) is 7.51. The molecule has 0 heterocycles. The fourth-order valence-corrected chi connectivity index (χ4v) is 2.69. The van der Waals surface area contributed by atoms with E-state index >= 15 is 0 Å². The van der Waals surface area contributed by atoms with E-state index in [-0.39, 0.29) is 0 Å². The van der Waals surface area contributed by atoms with Crippen LogP contribution in [0.4, 0.5) is 0 Å². The van der Waals surface area contributed by atoms with Gasteiger partial charge in [-0.05, 0) is 59.3 Å². The zero-order valence-electron chi connectivity index (χ0n) is 11.9. The molecule has 4 heteroatoms. The number of hydrogen-bond acceptors (Lipinski definition) is 3. The third-order valence-electron chi connectivity index (χ3n) is 3.33. The second-order valence-corrected chi connectivity index (χ2v) is 5.60. The van der Waals surface area contributed by atoms with E-state index in [1.165, 1.54) is 0 Å². The predicted molar refractivity (Wildman–Crippen MR) is 89.6 cm³/mol. The first kappa shape index (κ1) is 14.6. The van der Waals surface area contributed by atoms with Gasteiger partial charge in [0.25, 0.3) is 0 Å². The lowest BCUT2D eigenvalue weighted by atomic mass is 10.1. The molecule has 3 rings (SSSR count). The number of fused-ring (bicyclic) bond motifs is 1. The van der Waals surface area contributed by atoms with E-state index < -0.39 is 5.97 Å². The second kappa shape index (κ2) is 6.20. The van der Waals surface area contributed by atoms with Crippen molar-refractivity contribution in [3.8, 4) is 11.5 Å². The smallest absolute Gasteiger partial charge is 0.343 e. The number of rotatable bonds is 3. The summed E-state index contributed by atoms with van der Waals surface area (Å²) in [6.07, 6.45) is 0. The van der Waals surface area contributed by atoms with Gasteiger partial charge in [-0.15, -0.1) is 0 Å². The highest BCUT2D eigenvalue weighted by Crippen LogP contribution is 2.27. The Kier molecular flexibility index (Phi) is 4.11. The lowest BCUT2D eigenvalue weighted by molar-refractivity contribution is 0.0735. The maximum Gasteiger partial charge on any atom is 0.343 e. The first-order chi connectivity index (χ1) is 10.7. The molecule has 3 aromatic carbocycles. The minimum atomic E-state index is -0.392. The summed E-state index contributed by atoms with van der Waals surface area (Å²) in [6.45, 7) is 0. The lowest BCUT2D eigenvalue weighted by Gasteiger charge is -2.07. The first-order valence-electron chi connectivity index (χ1n) is 6.72. The van der Waals surface area contributed by atoms with Crippen LogP contribution in [0.25, 0.3) is 10.8 Å². The van der Waals surface area contributed by atoms with Gasteiger partial charge < -0.3 is 9.47 Å². The molecule has 0 unspecified atom stereocenters. The molecular weight excluding hydrogens is 344 g/mol. The maximum absolute atomic E-state index is 12.1. The van der Waals surface area contributed by atoms with Gasteiger partial charge in [-0.25, -0.2) is 4.79 Å². The Morgan fingerprint density at radius 1 is 0.955 bits per heavy atom. The van der Waals surface area contributed by atoms with Crippen LogP contribution in [0.2, 0.25) is 0 Å². The monoisotopic (exact) mass is 356 g/mol. The van der Waals surface area contributed by atoms with E-state index in [9.17, 15) is 4.79 Å². The minimum absolute atomic E-state index is 0.392. The van der Waals surface area contributed by atoms with Crippen LogP contribution in [0.3, 0.4) is 0 Å². The van der Waals surface area contributed by atoms with Crippen LogP contribution in [-0.2, 0) is 0 Å². The molecule has 22 heavy (non-hydrogen) atoms. The van der Waals surface area contributed by atoms with Gasteiger partial charge in [0, 0.05) is 4.47 Å². The molecule has 0 aliphatic carbocycles. The fraction of sp³-hybridized carbons (Fsp3) is 0.0556. The summed E-state index contributed by atoms with van der Waals surface area (Å²) in [7, 11) is 1.58. The summed E-state index contributed by atoms with van der Waals surface area (Å²) in [5.74, 6) is 0.829. The number of esters is 1. The number of hydrogen-bond donors (Lipinski definition) is 0. The molecule has 0 N–H and O–H groups in total. The molecule has 0 aromatic heterocycles. The highest BCUT2D eigenvalue weighted by molar-refractivity contribution is 9.10. The largest absolute Gasteiger partial charge is 0.497 e. The van der Waals surface area contributed by atoms with Gasteiger partial charge in [0.2, 0.25) is 0 Å². The normalized spacial score (nSPS) is 10.5. The summed E-state index contributed by atoms with van der Waals surface area (Å²) < 4.78 is 11.5. The molecule has 0 amide bonds. The molecule has 0 aliphatic heterocycles. The Labute approximate surface area is 136 Å². The number of carbonyl (C=O) groups is 1. The van der Waals surface area contributed by atoms with Crippen molar-refractivity contribution >= 4 is 32.7 Å². The molecular formula is C18H13BrO3. The second-order valence-electron chi connectivity index (χ2n) is 4.74. The highest BCUT2D eigenvalue weighted by atomic mass is 79.9. The van der Waals surface area contributed by atoms with Crippen LogP contribution in [0.15, 0.2) is 65.1 Å². The number of carbonyl (C=O) groups excluding carboxylic acids is 1. The molecule has 3 aromatic rings. The van der Waals surface area contributed by atoms with Crippen molar-refractivity contribution in [2.24, 2.45) is 0 Å². The highest BCUT2D eigenvalue weighted by Gasteiger charge is 2.09. The molecule has 110 valence electrons. The Morgan fingerprint density at radius 3 is 2.41 bits per heavy atom. The van der Waals surface area contributed by atoms with Crippen molar-refractivity contribution in [3.63, 3.8) is 0 Å². The summed E-state index contributed by atoms with van der Waals surface area (Å²) >= 11 is 3.50. The molecule has 3 nitrogen and oxygen atoms in total. The summed E-state index contributed by atoms with van der Waals surface area (Å²) in [6, 6.07) is 18.3. The van der Waals surface area contributed by atoms with Gasteiger partial charge in [-0.2, -0.15) is 0 Å². The van der Waals surface area contributed by atoms with E-state index in [1.54, 1.807) is 37.4 Å². The number of benzene rings is 3. The van der Waals surface area contributed by atoms with Crippen LogP contribution in [-0.4, -0.2) is 13.1 Å². The Hall–Kier alpha value is -2.33. The quantitative estimate of drug-likeness (QED) is 0.498. The number of ether oxygens (including phenoxy) is 2. The molecule has 0 saturated carbocycles. The topological polar surface area (TPSA) is 35.5 Å². The van der Waals surface area contributed by atoms with Crippen LogP contribution in [0.5, 0.6) is 11.5 Å². The summed E-state index contributed by atoms with van der Waals surface area (Å²) in [5.41, 5.74) is 0.482. The summed E-state index contributed by atoms with van der Waals surface area (Å²) in [4.78, 5) is 12.1. The molecule has 0 atom stereocenters. The van der Waals surface area contributed by atoms with E-state index in [2.05, 4.69) is 15.9 Å². The molecule has 0 aliphatic rings. The Morgan fingerprint density at radius 2 is 1.68 bits per heavy atom. The number of halogens is 1. The third-order valence-corrected chi connectivity index (χ3v) is 4.03. The maximum atomic E-state index is 12.1. The minimum Gasteiger partial charge on any atom is -0.497 e. The zero-order chi connectivity index (χ0) is 15.5. The van der Waals surface area contributed by atoms with E-state index in [4.69, 9.17) is 9.47 Å². The van der Waals surface area contributed by atoms with Crippen molar-refractivity contribution in [3.05, 3.63) is 70.7 Å². The van der Waals surface area contributed by atoms with E-state index in [1.807, 2.05) is 30.3 Å². The van der Waals surface area contributed by atoms with Gasteiger partial charge in [0.15, 0.2) is 0 Å². The molecule has 0 bridgehead atoms. The van der Waals surface area contributed by atoms with Crippen LogP contribution < -0.4 is 9.47 Å². The Balaban J connectivity index is 1.84. The van der Waals surface area contributed by atoms with Crippen LogP contribution >= 0.6 is 15.9 Å². The predicted octanol–water partition coefficient (Wildman–Crippen LogP) is 4.83. The molecule has 0 spiro atoms.